The van der Waals surface area contributed by atoms with Crippen LogP contribution in [0.25, 0.3) is 0 Å². The van der Waals surface area contributed by atoms with Crippen LogP contribution in [0.1, 0.15) is 42.7 Å². The van der Waals surface area contributed by atoms with E-state index in [1.807, 2.05) is 0 Å². The van der Waals surface area contributed by atoms with Crippen LogP contribution in [0.2, 0.25) is 0 Å². The molecule has 0 aliphatic heterocycles. The van der Waals surface area contributed by atoms with E-state index < -0.39 is 0 Å². The first-order valence-corrected chi connectivity index (χ1v) is 6.10. The molecule has 0 aromatic heterocycles. The fourth-order valence-electron chi connectivity index (χ4n) is 2.44. The van der Waals surface area contributed by atoms with E-state index in [4.69, 9.17) is 5.73 Å². The first kappa shape index (κ1) is 9.41. The Morgan fingerprint density at radius 2 is 2.07 bits per heavy atom. The molecule has 0 radical (unpaired) electrons. The second-order valence-electron chi connectivity index (χ2n) is 5.40. The van der Waals surface area contributed by atoms with Crippen LogP contribution in [0.3, 0.4) is 0 Å². The van der Waals surface area contributed by atoms with Crippen LogP contribution >= 0.6 is 0 Å². The van der Waals surface area contributed by atoms with Crippen molar-refractivity contribution in [2.45, 2.75) is 38.0 Å². The van der Waals surface area contributed by atoms with E-state index in [0.717, 1.165) is 12.5 Å². The Balaban J connectivity index is 1.76. The molecule has 0 bridgehead atoms. The molecule has 0 heterocycles. The third kappa shape index (κ3) is 1.93. The molecule has 1 aromatic rings. The minimum atomic E-state index is 0.474. The normalized spacial score (nSPS) is 22.7. The van der Waals surface area contributed by atoms with Gasteiger partial charge < -0.3 is 5.73 Å². The zero-order valence-corrected chi connectivity index (χ0v) is 9.21. The molecule has 1 heteroatoms. The van der Waals surface area contributed by atoms with Gasteiger partial charge >= 0.3 is 0 Å². The smallest absolute Gasteiger partial charge is 0.00173 e. The molecule has 2 aliphatic carbocycles. The summed E-state index contributed by atoms with van der Waals surface area (Å²) in [5.74, 6) is 0.873. The molecule has 2 aliphatic rings. The maximum Gasteiger partial charge on any atom is -0.00173 e. The average molecular weight is 201 g/mol. The van der Waals surface area contributed by atoms with E-state index >= 15 is 0 Å². The van der Waals surface area contributed by atoms with Gasteiger partial charge in [-0.25, -0.2) is 0 Å². The maximum absolute atomic E-state index is 5.83. The largest absolute Gasteiger partial charge is 0.330 e. The van der Waals surface area contributed by atoms with Crippen LogP contribution in [-0.2, 0) is 6.42 Å². The number of rotatable bonds is 4. The third-order valence-electron chi connectivity index (χ3n) is 3.97. The average Bonchev–Trinajstić information content (AvgIpc) is 3.14. The molecule has 0 amide bonds. The van der Waals surface area contributed by atoms with Gasteiger partial charge in [-0.2, -0.15) is 0 Å². The fraction of sp³-hybridized carbons (Fsp3) is 0.571. The van der Waals surface area contributed by atoms with Gasteiger partial charge in [0.1, 0.15) is 0 Å². The molecule has 80 valence electrons. The molecule has 2 fully saturated rings. The maximum atomic E-state index is 5.83. The minimum Gasteiger partial charge on any atom is -0.330 e. The van der Waals surface area contributed by atoms with Crippen molar-refractivity contribution in [3.8, 4) is 0 Å². The summed E-state index contributed by atoms with van der Waals surface area (Å²) in [7, 11) is 0. The summed E-state index contributed by atoms with van der Waals surface area (Å²) in [6.07, 6.45) is 6.65. The molecule has 3 rings (SSSR count). The van der Waals surface area contributed by atoms with Gasteiger partial charge in [0.15, 0.2) is 0 Å². The standard InChI is InChI=1S/C14H19N/c15-10-14(6-7-14)9-11-2-1-3-13(8-11)12-4-5-12/h1-3,8,12H,4-7,9-10,15H2. The highest BCUT2D eigenvalue weighted by molar-refractivity contribution is 5.30. The van der Waals surface area contributed by atoms with Gasteiger partial charge in [0.2, 0.25) is 0 Å². The van der Waals surface area contributed by atoms with Gasteiger partial charge in [-0.05, 0) is 61.1 Å². The van der Waals surface area contributed by atoms with Gasteiger partial charge in [-0.1, -0.05) is 24.3 Å². The number of hydrogen-bond donors (Lipinski definition) is 1. The van der Waals surface area contributed by atoms with Gasteiger partial charge in [-0.15, -0.1) is 0 Å². The SMILES string of the molecule is NCC1(Cc2cccc(C3CC3)c2)CC1. The Morgan fingerprint density at radius 1 is 1.27 bits per heavy atom. The van der Waals surface area contributed by atoms with Crippen molar-refractivity contribution in [2.75, 3.05) is 6.54 Å². The number of hydrogen-bond acceptors (Lipinski definition) is 1. The monoisotopic (exact) mass is 201 g/mol. The number of nitrogens with two attached hydrogens (primary N) is 1. The van der Waals surface area contributed by atoms with E-state index in [-0.39, 0.29) is 0 Å². The summed E-state index contributed by atoms with van der Waals surface area (Å²) in [6, 6.07) is 9.17. The fourth-order valence-corrected chi connectivity index (χ4v) is 2.44. The minimum absolute atomic E-state index is 0.474. The molecular weight excluding hydrogens is 182 g/mol. The summed E-state index contributed by atoms with van der Waals surface area (Å²) in [4.78, 5) is 0. The Morgan fingerprint density at radius 3 is 2.67 bits per heavy atom. The lowest BCUT2D eigenvalue weighted by atomic mass is 9.95. The van der Waals surface area contributed by atoms with Crippen LogP contribution in [0, 0.1) is 5.41 Å². The predicted octanol–water partition coefficient (Wildman–Crippen LogP) is 2.85. The van der Waals surface area contributed by atoms with Crippen LogP contribution in [-0.4, -0.2) is 6.54 Å². The molecular formula is C14H19N. The molecule has 0 spiro atoms. The van der Waals surface area contributed by atoms with Crippen LogP contribution in [0.5, 0.6) is 0 Å². The van der Waals surface area contributed by atoms with Crippen molar-refractivity contribution in [2.24, 2.45) is 11.1 Å². The molecule has 0 unspecified atom stereocenters. The number of benzene rings is 1. The lowest BCUT2D eigenvalue weighted by Gasteiger charge is -2.12. The first-order chi connectivity index (χ1) is 7.31. The molecule has 0 atom stereocenters. The molecule has 0 saturated heterocycles. The Hall–Kier alpha value is -0.820. The summed E-state index contributed by atoms with van der Waals surface area (Å²) < 4.78 is 0. The van der Waals surface area contributed by atoms with E-state index in [2.05, 4.69) is 24.3 Å². The summed E-state index contributed by atoms with van der Waals surface area (Å²) in [5, 5.41) is 0. The van der Waals surface area contributed by atoms with Crippen LogP contribution < -0.4 is 5.73 Å². The lowest BCUT2D eigenvalue weighted by molar-refractivity contribution is 0.521. The quantitative estimate of drug-likeness (QED) is 0.796. The molecule has 1 nitrogen and oxygen atoms in total. The van der Waals surface area contributed by atoms with Gasteiger partial charge in [0.25, 0.3) is 0 Å². The van der Waals surface area contributed by atoms with Crippen molar-refractivity contribution in [1.29, 1.82) is 0 Å². The second kappa shape index (κ2) is 3.34. The highest BCUT2D eigenvalue weighted by Crippen LogP contribution is 2.48. The molecule has 2 N–H and O–H groups in total. The van der Waals surface area contributed by atoms with Crippen LogP contribution in [0.4, 0.5) is 0 Å². The molecule has 15 heavy (non-hydrogen) atoms. The summed E-state index contributed by atoms with van der Waals surface area (Å²) in [5.41, 5.74) is 9.36. The molecule has 2 saturated carbocycles. The zero-order chi connectivity index (χ0) is 10.3. The highest BCUT2D eigenvalue weighted by atomic mass is 14.6. The van der Waals surface area contributed by atoms with Crippen molar-refractivity contribution in [1.82, 2.24) is 0 Å². The van der Waals surface area contributed by atoms with Gasteiger partial charge in [0, 0.05) is 0 Å². The first-order valence-electron chi connectivity index (χ1n) is 6.10. The second-order valence-corrected chi connectivity index (χ2v) is 5.40. The van der Waals surface area contributed by atoms with Gasteiger partial charge in [0.05, 0.1) is 0 Å². The summed E-state index contributed by atoms with van der Waals surface area (Å²) in [6.45, 7) is 0.862. The lowest BCUT2D eigenvalue weighted by Crippen LogP contribution is -2.17. The van der Waals surface area contributed by atoms with E-state index in [9.17, 15) is 0 Å². The van der Waals surface area contributed by atoms with Crippen molar-refractivity contribution < 1.29 is 0 Å². The Labute approximate surface area is 91.7 Å². The summed E-state index contributed by atoms with van der Waals surface area (Å²) >= 11 is 0. The molecule has 1 aromatic carbocycles. The predicted molar refractivity (Wildman–Crippen MR) is 62.8 cm³/mol. The van der Waals surface area contributed by atoms with E-state index in [1.165, 1.54) is 37.7 Å². The highest BCUT2D eigenvalue weighted by Gasteiger charge is 2.41. The zero-order valence-electron chi connectivity index (χ0n) is 9.21. The third-order valence-corrected chi connectivity index (χ3v) is 3.97. The van der Waals surface area contributed by atoms with E-state index in [1.54, 1.807) is 5.56 Å². The topological polar surface area (TPSA) is 26.0 Å². The van der Waals surface area contributed by atoms with Crippen LogP contribution in [0.15, 0.2) is 24.3 Å². The van der Waals surface area contributed by atoms with Crippen molar-refractivity contribution in [3.05, 3.63) is 35.4 Å². The van der Waals surface area contributed by atoms with Crippen molar-refractivity contribution >= 4 is 0 Å². The van der Waals surface area contributed by atoms with E-state index in [0.29, 0.717) is 5.41 Å². The Bertz CT molecular complexity index is 361. The van der Waals surface area contributed by atoms with Gasteiger partial charge in [-0.3, -0.25) is 0 Å². The Kier molecular flexibility index (Phi) is 2.10. The van der Waals surface area contributed by atoms with Crippen molar-refractivity contribution in [3.63, 3.8) is 0 Å².